The fraction of sp³-hybridized carbons (Fsp3) is 0.353. The van der Waals surface area contributed by atoms with Crippen LogP contribution in [-0.4, -0.2) is 28.1 Å². The van der Waals surface area contributed by atoms with Crippen LogP contribution in [0.4, 0.5) is 0 Å². The lowest BCUT2D eigenvalue weighted by atomic mass is 9.96. The van der Waals surface area contributed by atoms with Crippen molar-refractivity contribution in [3.8, 4) is 11.1 Å². The summed E-state index contributed by atoms with van der Waals surface area (Å²) in [5.41, 5.74) is 10.4. The molecule has 0 fully saturated rings. The van der Waals surface area contributed by atoms with Crippen LogP contribution in [-0.2, 0) is 11.2 Å². The van der Waals surface area contributed by atoms with E-state index in [9.17, 15) is 0 Å². The molecule has 0 aliphatic carbocycles. The van der Waals surface area contributed by atoms with Gasteiger partial charge in [-0.3, -0.25) is 0 Å². The zero-order valence-corrected chi connectivity index (χ0v) is 12.9. The third-order valence-corrected chi connectivity index (χ3v) is 4.09. The lowest BCUT2D eigenvalue weighted by Crippen LogP contribution is -2.20. The van der Waals surface area contributed by atoms with E-state index in [4.69, 9.17) is 10.5 Å². The van der Waals surface area contributed by atoms with E-state index in [1.54, 1.807) is 6.33 Å². The molecule has 5 heteroatoms. The van der Waals surface area contributed by atoms with Crippen LogP contribution in [0.1, 0.15) is 24.5 Å². The molecule has 22 heavy (non-hydrogen) atoms. The molecule has 0 spiro atoms. The van der Waals surface area contributed by atoms with Gasteiger partial charge in [-0.1, -0.05) is 18.2 Å². The quantitative estimate of drug-likeness (QED) is 0.940. The van der Waals surface area contributed by atoms with Crippen molar-refractivity contribution in [3.63, 3.8) is 0 Å². The molecular weight excluding hydrogens is 276 g/mol. The molecule has 2 aromatic rings. The Kier molecular flexibility index (Phi) is 4.04. The summed E-state index contributed by atoms with van der Waals surface area (Å²) in [5.74, 6) is 0. The molecule has 114 valence electrons. The SMILES string of the molecule is Cc1cc(-c2cncnc2)ccc1CCC1N=C(N)O[C@@H]1C. The monoisotopic (exact) mass is 296 g/mol. The Morgan fingerprint density at radius 2 is 1.95 bits per heavy atom. The third kappa shape index (κ3) is 3.08. The Labute approximate surface area is 130 Å². The molecule has 1 unspecified atom stereocenters. The Hall–Kier alpha value is -2.43. The predicted molar refractivity (Wildman–Crippen MR) is 86.5 cm³/mol. The normalized spacial score (nSPS) is 20.5. The van der Waals surface area contributed by atoms with Crippen molar-refractivity contribution in [2.24, 2.45) is 10.7 Å². The van der Waals surface area contributed by atoms with E-state index in [2.05, 4.69) is 40.1 Å². The molecule has 1 aliphatic rings. The van der Waals surface area contributed by atoms with Gasteiger partial charge in [0.15, 0.2) is 0 Å². The van der Waals surface area contributed by atoms with E-state index in [1.165, 1.54) is 11.1 Å². The van der Waals surface area contributed by atoms with Gasteiger partial charge in [-0.25, -0.2) is 15.0 Å². The first-order valence-corrected chi connectivity index (χ1v) is 7.48. The second kappa shape index (κ2) is 6.13. The van der Waals surface area contributed by atoms with Gasteiger partial charge < -0.3 is 10.5 Å². The lowest BCUT2D eigenvalue weighted by molar-refractivity contribution is 0.205. The first-order valence-electron chi connectivity index (χ1n) is 7.48. The van der Waals surface area contributed by atoms with E-state index in [1.807, 2.05) is 19.3 Å². The molecule has 3 rings (SSSR count). The van der Waals surface area contributed by atoms with Crippen LogP contribution in [0.25, 0.3) is 11.1 Å². The fourth-order valence-electron chi connectivity index (χ4n) is 2.77. The lowest BCUT2D eigenvalue weighted by Gasteiger charge is -2.13. The molecule has 0 saturated heterocycles. The van der Waals surface area contributed by atoms with Crippen molar-refractivity contribution >= 4 is 6.02 Å². The number of nitrogens with two attached hydrogens (primary N) is 1. The summed E-state index contributed by atoms with van der Waals surface area (Å²) in [6.07, 6.45) is 7.18. The number of ether oxygens (including phenoxy) is 1. The van der Waals surface area contributed by atoms with E-state index < -0.39 is 0 Å². The van der Waals surface area contributed by atoms with Crippen LogP contribution in [0.3, 0.4) is 0 Å². The molecule has 0 saturated carbocycles. The van der Waals surface area contributed by atoms with E-state index in [0.29, 0.717) is 6.02 Å². The van der Waals surface area contributed by atoms with Gasteiger partial charge in [-0.2, -0.15) is 0 Å². The summed E-state index contributed by atoms with van der Waals surface area (Å²) in [6.45, 7) is 4.15. The second-order valence-electron chi connectivity index (χ2n) is 5.66. The summed E-state index contributed by atoms with van der Waals surface area (Å²) in [4.78, 5) is 12.5. The van der Waals surface area contributed by atoms with Gasteiger partial charge in [0.05, 0.1) is 6.04 Å². The van der Waals surface area contributed by atoms with Crippen molar-refractivity contribution in [3.05, 3.63) is 48.0 Å². The maximum atomic E-state index is 5.61. The van der Waals surface area contributed by atoms with Crippen LogP contribution in [0.15, 0.2) is 41.9 Å². The highest BCUT2D eigenvalue weighted by Gasteiger charge is 2.25. The van der Waals surface area contributed by atoms with Gasteiger partial charge in [0.2, 0.25) is 0 Å². The molecular formula is C17H20N4O. The fourth-order valence-corrected chi connectivity index (χ4v) is 2.77. The summed E-state index contributed by atoms with van der Waals surface area (Å²) < 4.78 is 5.38. The molecule has 0 radical (unpaired) electrons. The van der Waals surface area contributed by atoms with Gasteiger partial charge in [0.1, 0.15) is 12.4 Å². The molecule has 0 amide bonds. The average Bonchev–Trinajstić information content (AvgIpc) is 2.85. The number of aryl methyl sites for hydroxylation is 2. The van der Waals surface area contributed by atoms with Gasteiger partial charge in [0.25, 0.3) is 6.02 Å². The Morgan fingerprint density at radius 3 is 2.59 bits per heavy atom. The summed E-state index contributed by atoms with van der Waals surface area (Å²) in [5, 5.41) is 0. The smallest absolute Gasteiger partial charge is 0.282 e. The van der Waals surface area contributed by atoms with Crippen LogP contribution >= 0.6 is 0 Å². The highest BCUT2D eigenvalue weighted by molar-refractivity contribution is 5.73. The van der Waals surface area contributed by atoms with E-state index in [-0.39, 0.29) is 12.1 Å². The van der Waals surface area contributed by atoms with Gasteiger partial charge in [-0.15, -0.1) is 0 Å². The zero-order valence-electron chi connectivity index (χ0n) is 12.9. The van der Waals surface area contributed by atoms with Crippen LogP contribution in [0, 0.1) is 6.92 Å². The number of hydrogen-bond donors (Lipinski definition) is 1. The molecule has 1 aromatic heterocycles. The molecule has 2 N–H and O–H groups in total. The predicted octanol–water partition coefficient (Wildman–Crippen LogP) is 2.49. The maximum absolute atomic E-state index is 5.61. The summed E-state index contributed by atoms with van der Waals surface area (Å²) in [7, 11) is 0. The number of aromatic nitrogens is 2. The summed E-state index contributed by atoms with van der Waals surface area (Å²) >= 11 is 0. The molecule has 0 bridgehead atoms. The van der Waals surface area contributed by atoms with Crippen molar-refractivity contribution in [2.75, 3.05) is 0 Å². The largest absolute Gasteiger partial charge is 0.460 e. The van der Waals surface area contributed by atoms with Crippen molar-refractivity contribution in [1.82, 2.24) is 9.97 Å². The van der Waals surface area contributed by atoms with Crippen LogP contribution < -0.4 is 5.73 Å². The van der Waals surface area contributed by atoms with E-state index in [0.717, 1.165) is 24.0 Å². The number of hydrogen-bond acceptors (Lipinski definition) is 5. The van der Waals surface area contributed by atoms with E-state index >= 15 is 0 Å². The number of aliphatic imine (C=N–C) groups is 1. The minimum Gasteiger partial charge on any atom is -0.460 e. The topological polar surface area (TPSA) is 73.4 Å². The van der Waals surface area contributed by atoms with Crippen LogP contribution in [0.2, 0.25) is 0 Å². The Balaban J connectivity index is 1.71. The Bertz CT molecular complexity index is 684. The number of amidine groups is 1. The molecule has 1 aromatic carbocycles. The van der Waals surface area contributed by atoms with Crippen molar-refractivity contribution < 1.29 is 4.74 Å². The first-order chi connectivity index (χ1) is 10.6. The first kappa shape index (κ1) is 14.5. The third-order valence-electron chi connectivity index (χ3n) is 4.09. The number of benzene rings is 1. The minimum absolute atomic E-state index is 0.0704. The molecule has 5 nitrogen and oxygen atoms in total. The number of rotatable bonds is 4. The van der Waals surface area contributed by atoms with Crippen molar-refractivity contribution in [1.29, 1.82) is 0 Å². The highest BCUT2D eigenvalue weighted by atomic mass is 16.5. The minimum atomic E-state index is 0.0704. The standard InChI is InChI=1S/C17H20N4O/c1-11-7-14(15-8-19-10-20-9-15)4-3-13(11)5-6-16-12(2)22-17(18)21-16/h3-4,7-10,12,16H,5-6H2,1-2H3,(H2,18,21)/t12-,16?/m1/s1. The second-order valence-corrected chi connectivity index (χ2v) is 5.66. The van der Waals surface area contributed by atoms with Gasteiger partial charge >= 0.3 is 0 Å². The molecule has 1 aliphatic heterocycles. The molecule has 2 atom stereocenters. The zero-order chi connectivity index (χ0) is 15.5. The highest BCUT2D eigenvalue weighted by Crippen LogP contribution is 2.23. The maximum Gasteiger partial charge on any atom is 0.282 e. The van der Waals surface area contributed by atoms with Crippen molar-refractivity contribution in [2.45, 2.75) is 38.8 Å². The van der Waals surface area contributed by atoms with Crippen LogP contribution in [0.5, 0.6) is 0 Å². The average molecular weight is 296 g/mol. The van der Waals surface area contributed by atoms with Gasteiger partial charge in [-0.05, 0) is 43.4 Å². The molecule has 2 heterocycles. The Morgan fingerprint density at radius 1 is 1.18 bits per heavy atom. The van der Waals surface area contributed by atoms with Gasteiger partial charge in [0, 0.05) is 18.0 Å². The summed E-state index contributed by atoms with van der Waals surface area (Å²) in [6, 6.07) is 6.94. The number of nitrogens with zero attached hydrogens (tertiary/aromatic N) is 3.